The first kappa shape index (κ1) is 10.6. The molecule has 0 radical (unpaired) electrons. The lowest BCUT2D eigenvalue weighted by Crippen LogP contribution is -2.28. The second kappa shape index (κ2) is 3.23. The van der Waals surface area contributed by atoms with Gasteiger partial charge in [-0.3, -0.25) is 5.21 Å². The molecule has 0 saturated carbocycles. The van der Waals surface area contributed by atoms with Crippen LogP contribution in [0.15, 0.2) is 41.6 Å². The summed E-state index contributed by atoms with van der Waals surface area (Å²) in [6, 6.07) is 6.24. The first-order chi connectivity index (χ1) is 8.02. The summed E-state index contributed by atoms with van der Waals surface area (Å²) in [6.07, 6.45) is 5.11. The molecule has 1 unspecified atom stereocenters. The molecule has 0 bridgehead atoms. The first-order valence-corrected chi connectivity index (χ1v) is 6.00. The average molecular weight is 227 g/mol. The molecule has 17 heavy (non-hydrogen) atoms. The van der Waals surface area contributed by atoms with E-state index >= 15 is 0 Å². The Bertz CT molecular complexity index is 556. The van der Waals surface area contributed by atoms with E-state index in [1.54, 1.807) is 0 Å². The Morgan fingerprint density at radius 3 is 2.76 bits per heavy atom. The normalized spacial score (nSPS) is 26.2. The Labute approximate surface area is 102 Å². The zero-order chi connectivity index (χ0) is 12.2. The van der Waals surface area contributed by atoms with Gasteiger partial charge in [0.2, 0.25) is 0 Å². The van der Waals surface area contributed by atoms with E-state index in [4.69, 9.17) is 0 Å². The highest BCUT2D eigenvalue weighted by Crippen LogP contribution is 2.51. The molecule has 2 aliphatic rings. The minimum Gasteiger partial charge on any atom is -0.284 e. The number of allylic oxidation sites excluding steroid dienone is 4. The van der Waals surface area contributed by atoms with Crippen molar-refractivity contribution in [2.24, 2.45) is 0 Å². The van der Waals surface area contributed by atoms with Crippen LogP contribution in [0.3, 0.4) is 0 Å². The smallest absolute Gasteiger partial charge is 0.0731 e. The maximum absolute atomic E-state index is 10.3. The Balaban J connectivity index is 2.25. The summed E-state index contributed by atoms with van der Waals surface area (Å²) < 4.78 is 0. The number of hydrogen-bond acceptors (Lipinski definition) is 2. The van der Waals surface area contributed by atoms with Crippen molar-refractivity contribution < 1.29 is 5.21 Å². The van der Waals surface area contributed by atoms with Gasteiger partial charge in [0, 0.05) is 5.41 Å². The summed E-state index contributed by atoms with van der Waals surface area (Å²) in [5.41, 5.74) is 5.68. The Kier molecular flexibility index (Phi) is 2.02. The van der Waals surface area contributed by atoms with Gasteiger partial charge in [-0.25, -0.2) is 5.06 Å². The molecule has 0 spiro atoms. The molecule has 0 amide bonds. The highest BCUT2D eigenvalue weighted by Gasteiger charge is 2.44. The van der Waals surface area contributed by atoms with Crippen molar-refractivity contribution >= 4 is 5.69 Å². The highest BCUT2D eigenvalue weighted by molar-refractivity contribution is 5.70. The third-order valence-electron chi connectivity index (χ3n) is 3.93. The molecule has 0 saturated heterocycles. The van der Waals surface area contributed by atoms with Crippen molar-refractivity contribution in [3.8, 4) is 0 Å². The number of anilines is 1. The lowest BCUT2D eigenvalue weighted by atomic mass is 9.74. The van der Waals surface area contributed by atoms with Crippen LogP contribution in [0.4, 0.5) is 5.69 Å². The fourth-order valence-electron chi connectivity index (χ4n) is 3.06. The van der Waals surface area contributed by atoms with Crippen molar-refractivity contribution in [2.75, 3.05) is 5.06 Å². The molecule has 1 N–H and O–H groups in total. The molecule has 2 nitrogen and oxygen atoms in total. The van der Waals surface area contributed by atoms with E-state index in [2.05, 4.69) is 32.9 Å². The molecule has 1 aromatic rings. The summed E-state index contributed by atoms with van der Waals surface area (Å²) in [5, 5.41) is 11.6. The van der Waals surface area contributed by atoms with Crippen LogP contribution in [-0.4, -0.2) is 5.21 Å². The van der Waals surface area contributed by atoms with Gasteiger partial charge in [-0.05, 0) is 44.9 Å². The van der Waals surface area contributed by atoms with Crippen molar-refractivity contribution in [1.82, 2.24) is 0 Å². The summed E-state index contributed by atoms with van der Waals surface area (Å²) in [7, 11) is 0. The van der Waals surface area contributed by atoms with Crippen LogP contribution >= 0.6 is 0 Å². The van der Waals surface area contributed by atoms with Gasteiger partial charge in [-0.2, -0.15) is 0 Å². The van der Waals surface area contributed by atoms with Crippen LogP contribution in [0, 0.1) is 6.92 Å². The van der Waals surface area contributed by atoms with E-state index in [0.717, 1.165) is 17.8 Å². The SMILES string of the molecule is CC1=CC=C2N(O)c3ccc(C)cc3C2(C)C1. The fourth-order valence-corrected chi connectivity index (χ4v) is 3.06. The van der Waals surface area contributed by atoms with Crippen LogP contribution in [0.5, 0.6) is 0 Å². The predicted octanol–water partition coefficient (Wildman–Crippen LogP) is 3.70. The van der Waals surface area contributed by atoms with Crippen molar-refractivity contribution in [3.05, 3.63) is 52.7 Å². The maximum atomic E-state index is 10.3. The van der Waals surface area contributed by atoms with Gasteiger partial charge < -0.3 is 0 Å². The average Bonchev–Trinajstić information content (AvgIpc) is 2.47. The molecule has 1 atom stereocenters. The zero-order valence-electron chi connectivity index (χ0n) is 10.5. The fraction of sp³-hybridized carbons (Fsp3) is 0.333. The van der Waals surface area contributed by atoms with Crippen LogP contribution in [0.1, 0.15) is 31.4 Å². The third kappa shape index (κ3) is 1.31. The van der Waals surface area contributed by atoms with E-state index in [0.29, 0.717) is 0 Å². The Hall–Kier alpha value is -1.54. The molecule has 88 valence electrons. The lowest BCUT2D eigenvalue weighted by Gasteiger charge is -2.30. The van der Waals surface area contributed by atoms with Crippen molar-refractivity contribution in [1.29, 1.82) is 0 Å². The summed E-state index contributed by atoms with van der Waals surface area (Å²) in [5.74, 6) is 0. The molecule has 3 rings (SSSR count). The Morgan fingerprint density at radius 2 is 2.00 bits per heavy atom. The third-order valence-corrected chi connectivity index (χ3v) is 3.93. The van der Waals surface area contributed by atoms with E-state index in [1.165, 1.54) is 21.8 Å². The molecule has 0 fully saturated rings. The molecular weight excluding hydrogens is 210 g/mol. The lowest BCUT2D eigenvalue weighted by molar-refractivity contribution is 0.275. The second-order valence-corrected chi connectivity index (χ2v) is 5.41. The topological polar surface area (TPSA) is 23.5 Å². The van der Waals surface area contributed by atoms with Crippen molar-refractivity contribution in [2.45, 2.75) is 32.6 Å². The van der Waals surface area contributed by atoms with Gasteiger partial charge in [0.05, 0.1) is 11.4 Å². The summed E-state index contributed by atoms with van der Waals surface area (Å²) in [6.45, 7) is 6.45. The van der Waals surface area contributed by atoms with Crippen LogP contribution < -0.4 is 5.06 Å². The Morgan fingerprint density at radius 1 is 1.24 bits per heavy atom. The van der Waals surface area contributed by atoms with Gasteiger partial charge >= 0.3 is 0 Å². The molecule has 1 heterocycles. The number of nitrogens with zero attached hydrogens (tertiary/aromatic N) is 1. The minimum absolute atomic E-state index is 0.0745. The number of hydrogen-bond donors (Lipinski definition) is 1. The molecule has 1 aliphatic carbocycles. The van der Waals surface area contributed by atoms with E-state index in [-0.39, 0.29) is 5.41 Å². The van der Waals surface area contributed by atoms with Gasteiger partial charge in [0.1, 0.15) is 0 Å². The van der Waals surface area contributed by atoms with E-state index in [9.17, 15) is 5.21 Å². The van der Waals surface area contributed by atoms with Gasteiger partial charge in [-0.1, -0.05) is 29.3 Å². The molecule has 0 aromatic heterocycles. The molecular formula is C15H17NO. The number of hydroxylamine groups is 1. The predicted molar refractivity (Wildman–Crippen MR) is 69.3 cm³/mol. The molecule has 1 aliphatic heterocycles. The largest absolute Gasteiger partial charge is 0.284 e. The van der Waals surface area contributed by atoms with Crippen LogP contribution in [0.25, 0.3) is 0 Å². The van der Waals surface area contributed by atoms with Gasteiger partial charge in [0.15, 0.2) is 0 Å². The number of aryl methyl sites for hydroxylation is 1. The van der Waals surface area contributed by atoms with Crippen LogP contribution in [0.2, 0.25) is 0 Å². The molecule has 1 aromatic carbocycles. The van der Waals surface area contributed by atoms with E-state index < -0.39 is 0 Å². The molecule has 2 heteroatoms. The monoisotopic (exact) mass is 227 g/mol. The summed E-state index contributed by atoms with van der Waals surface area (Å²) >= 11 is 0. The zero-order valence-corrected chi connectivity index (χ0v) is 10.5. The summed E-state index contributed by atoms with van der Waals surface area (Å²) in [4.78, 5) is 0. The second-order valence-electron chi connectivity index (χ2n) is 5.41. The maximum Gasteiger partial charge on any atom is 0.0731 e. The van der Waals surface area contributed by atoms with Gasteiger partial charge in [0.25, 0.3) is 0 Å². The van der Waals surface area contributed by atoms with E-state index in [1.807, 2.05) is 18.2 Å². The number of rotatable bonds is 0. The number of benzene rings is 1. The standard InChI is InChI=1S/C15H17NO/c1-10-4-6-13-12(8-10)15(3)9-11(2)5-7-14(15)16(13)17/h4-8,17H,9H2,1-3H3. The number of fused-ring (bicyclic) bond motifs is 3. The minimum atomic E-state index is -0.0745. The quantitative estimate of drug-likeness (QED) is 0.730. The van der Waals surface area contributed by atoms with Crippen LogP contribution in [-0.2, 0) is 5.41 Å². The highest BCUT2D eigenvalue weighted by atomic mass is 16.5. The first-order valence-electron chi connectivity index (χ1n) is 6.00. The van der Waals surface area contributed by atoms with Gasteiger partial charge in [-0.15, -0.1) is 0 Å². The van der Waals surface area contributed by atoms with Crippen molar-refractivity contribution in [3.63, 3.8) is 0 Å².